The molecule has 0 aliphatic rings. The van der Waals surface area contributed by atoms with Gasteiger partial charge in [0.1, 0.15) is 0 Å². The molecule has 1 heterocycles. The van der Waals surface area contributed by atoms with Crippen molar-refractivity contribution in [2.45, 2.75) is 19.5 Å². The molecule has 1 amide bonds. The predicted octanol–water partition coefficient (Wildman–Crippen LogP) is 5.74. The van der Waals surface area contributed by atoms with E-state index in [0.717, 1.165) is 34.3 Å². The Bertz CT molecular complexity index is 1200. The average Bonchev–Trinajstić information content (AvgIpc) is 3.09. The van der Waals surface area contributed by atoms with Gasteiger partial charge in [-0.05, 0) is 53.4 Å². The minimum absolute atomic E-state index is 0.203. The number of aromatic nitrogens is 2. The predicted molar refractivity (Wildman–Crippen MR) is 110 cm³/mol. The molecule has 0 saturated carbocycles. The number of H-pyrrole nitrogens is 1. The standard InChI is InChI=1S/C23H18F3N3O/c1-14-11-20-19(13-18(14)16-7-9-17(10-8-16)23(24,25)26)22(29-28-20)27-21(30)12-15-5-3-2-4-6-15/h2-11,13H,12H2,1H3,(H2,27,28,29,30). The van der Waals surface area contributed by atoms with Gasteiger partial charge in [0.05, 0.1) is 17.5 Å². The number of anilines is 1. The van der Waals surface area contributed by atoms with Gasteiger partial charge in [-0.15, -0.1) is 0 Å². The summed E-state index contributed by atoms with van der Waals surface area (Å²) in [7, 11) is 0. The highest BCUT2D eigenvalue weighted by Gasteiger charge is 2.30. The molecule has 0 aliphatic carbocycles. The number of rotatable bonds is 4. The second-order valence-electron chi connectivity index (χ2n) is 7.07. The molecular weight excluding hydrogens is 391 g/mol. The van der Waals surface area contributed by atoms with Gasteiger partial charge in [-0.1, -0.05) is 42.5 Å². The van der Waals surface area contributed by atoms with E-state index in [-0.39, 0.29) is 12.3 Å². The maximum atomic E-state index is 12.8. The zero-order chi connectivity index (χ0) is 21.3. The number of carbonyl (C=O) groups excluding carboxylic acids is 1. The number of hydrogen-bond acceptors (Lipinski definition) is 2. The lowest BCUT2D eigenvalue weighted by molar-refractivity contribution is -0.137. The Labute approximate surface area is 170 Å². The van der Waals surface area contributed by atoms with E-state index in [0.29, 0.717) is 16.8 Å². The third-order valence-corrected chi connectivity index (χ3v) is 4.90. The second kappa shape index (κ2) is 7.67. The highest BCUT2D eigenvalue weighted by molar-refractivity contribution is 6.02. The van der Waals surface area contributed by atoms with Gasteiger partial charge in [0.2, 0.25) is 5.91 Å². The van der Waals surface area contributed by atoms with Crippen LogP contribution in [0.3, 0.4) is 0 Å². The van der Waals surface area contributed by atoms with Crippen LogP contribution in [0.4, 0.5) is 19.0 Å². The molecule has 4 rings (SSSR count). The third-order valence-electron chi connectivity index (χ3n) is 4.90. The zero-order valence-electron chi connectivity index (χ0n) is 16.0. The molecule has 0 bridgehead atoms. The van der Waals surface area contributed by atoms with Gasteiger partial charge < -0.3 is 5.32 Å². The Hall–Kier alpha value is -3.61. The summed E-state index contributed by atoms with van der Waals surface area (Å²) in [4.78, 5) is 12.4. The van der Waals surface area contributed by atoms with Crippen LogP contribution in [0.5, 0.6) is 0 Å². The van der Waals surface area contributed by atoms with Crippen molar-refractivity contribution in [3.8, 4) is 11.1 Å². The van der Waals surface area contributed by atoms with E-state index >= 15 is 0 Å². The quantitative estimate of drug-likeness (QED) is 0.452. The van der Waals surface area contributed by atoms with Crippen molar-refractivity contribution in [1.29, 1.82) is 0 Å². The number of alkyl halides is 3. The van der Waals surface area contributed by atoms with Gasteiger partial charge in [-0.2, -0.15) is 18.3 Å². The summed E-state index contributed by atoms with van der Waals surface area (Å²) in [5.41, 5.74) is 3.24. The highest BCUT2D eigenvalue weighted by Crippen LogP contribution is 2.34. The average molecular weight is 409 g/mol. The summed E-state index contributed by atoms with van der Waals surface area (Å²) >= 11 is 0. The Morgan fingerprint density at radius 1 is 1.03 bits per heavy atom. The summed E-state index contributed by atoms with van der Waals surface area (Å²) in [5.74, 6) is 0.186. The Kier molecular flexibility index (Phi) is 5.03. The molecule has 0 spiro atoms. The lowest BCUT2D eigenvalue weighted by Crippen LogP contribution is -2.14. The smallest absolute Gasteiger partial charge is 0.308 e. The van der Waals surface area contributed by atoms with Crippen LogP contribution in [-0.2, 0) is 17.4 Å². The van der Waals surface area contributed by atoms with E-state index in [2.05, 4.69) is 15.5 Å². The number of aryl methyl sites for hydroxylation is 1. The van der Waals surface area contributed by atoms with Crippen molar-refractivity contribution in [3.63, 3.8) is 0 Å². The summed E-state index contributed by atoms with van der Waals surface area (Å²) < 4.78 is 38.5. The number of nitrogens with zero attached hydrogens (tertiary/aromatic N) is 1. The summed E-state index contributed by atoms with van der Waals surface area (Å²) in [6.45, 7) is 1.88. The van der Waals surface area contributed by atoms with Crippen LogP contribution in [-0.4, -0.2) is 16.1 Å². The topological polar surface area (TPSA) is 57.8 Å². The molecule has 7 heteroatoms. The van der Waals surface area contributed by atoms with E-state index in [1.54, 1.807) is 0 Å². The van der Waals surface area contributed by atoms with Crippen molar-refractivity contribution >= 4 is 22.6 Å². The molecule has 4 nitrogen and oxygen atoms in total. The number of fused-ring (bicyclic) bond motifs is 1. The minimum atomic E-state index is -4.38. The number of hydrogen-bond donors (Lipinski definition) is 2. The third kappa shape index (κ3) is 4.05. The maximum absolute atomic E-state index is 12.8. The van der Waals surface area contributed by atoms with Crippen LogP contribution < -0.4 is 5.32 Å². The van der Waals surface area contributed by atoms with E-state index < -0.39 is 11.7 Å². The molecule has 0 atom stereocenters. The van der Waals surface area contributed by atoms with Crippen LogP contribution in [0.1, 0.15) is 16.7 Å². The molecule has 30 heavy (non-hydrogen) atoms. The van der Waals surface area contributed by atoms with Crippen LogP contribution >= 0.6 is 0 Å². The number of aromatic amines is 1. The number of carbonyl (C=O) groups is 1. The van der Waals surface area contributed by atoms with Gasteiger partial charge in [-0.25, -0.2) is 0 Å². The molecule has 0 fully saturated rings. The van der Waals surface area contributed by atoms with Gasteiger partial charge in [0.15, 0.2) is 5.82 Å². The van der Waals surface area contributed by atoms with Crippen molar-refractivity contribution in [3.05, 3.63) is 83.4 Å². The van der Waals surface area contributed by atoms with Crippen molar-refractivity contribution < 1.29 is 18.0 Å². The number of amides is 1. The van der Waals surface area contributed by atoms with Crippen molar-refractivity contribution in [2.24, 2.45) is 0 Å². The molecule has 1 aromatic heterocycles. The van der Waals surface area contributed by atoms with Crippen LogP contribution in [0, 0.1) is 6.92 Å². The number of nitrogens with one attached hydrogen (secondary N) is 2. The Balaban J connectivity index is 1.63. The van der Waals surface area contributed by atoms with Gasteiger partial charge in [0.25, 0.3) is 0 Å². The SMILES string of the molecule is Cc1cc2[nH]nc(NC(=O)Cc3ccccc3)c2cc1-c1ccc(C(F)(F)F)cc1. The fourth-order valence-electron chi connectivity index (χ4n) is 3.38. The summed E-state index contributed by atoms with van der Waals surface area (Å²) in [5, 5.41) is 10.6. The van der Waals surface area contributed by atoms with Gasteiger partial charge in [-0.3, -0.25) is 9.89 Å². The van der Waals surface area contributed by atoms with E-state index in [9.17, 15) is 18.0 Å². The van der Waals surface area contributed by atoms with Crippen molar-refractivity contribution in [1.82, 2.24) is 10.2 Å². The minimum Gasteiger partial charge on any atom is -0.308 e. The highest BCUT2D eigenvalue weighted by atomic mass is 19.4. The first kappa shape index (κ1) is 19.7. The molecule has 2 N–H and O–H groups in total. The van der Waals surface area contributed by atoms with Gasteiger partial charge >= 0.3 is 6.18 Å². The molecule has 0 radical (unpaired) electrons. The van der Waals surface area contributed by atoms with E-state index in [1.165, 1.54) is 12.1 Å². The molecule has 0 saturated heterocycles. The van der Waals surface area contributed by atoms with Crippen LogP contribution in [0.2, 0.25) is 0 Å². The molecular formula is C23H18F3N3O. The second-order valence-corrected chi connectivity index (χ2v) is 7.07. The molecule has 0 aliphatic heterocycles. The van der Waals surface area contributed by atoms with Crippen molar-refractivity contribution in [2.75, 3.05) is 5.32 Å². The molecule has 3 aromatic carbocycles. The van der Waals surface area contributed by atoms with Crippen LogP contribution in [0.25, 0.3) is 22.0 Å². The Morgan fingerprint density at radius 3 is 2.40 bits per heavy atom. The summed E-state index contributed by atoms with van der Waals surface area (Å²) in [6, 6.07) is 18.1. The molecule has 0 unspecified atom stereocenters. The largest absolute Gasteiger partial charge is 0.416 e. The fraction of sp³-hybridized carbons (Fsp3) is 0.130. The first-order valence-electron chi connectivity index (χ1n) is 9.31. The lowest BCUT2D eigenvalue weighted by atomic mass is 9.97. The Morgan fingerprint density at radius 2 is 1.73 bits per heavy atom. The zero-order valence-corrected chi connectivity index (χ0v) is 16.0. The summed E-state index contributed by atoms with van der Waals surface area (Å²) in [6.07, 6.45) is -4.16. The fourth-order valence-corrected chi connectivity index (χ4v) is 3.38. The normalized spacial score (nSPS) is 11.6. The lowest BCUT2D eigenvalue weighted by Gasteiger charge is -2.10. The van der Waals surface area contributed by atoms with Crippen LogP contribution in [0.15, 0.2) is 66.7 Å². The molecule has 4 aromatic rings. The van der Waals surface area contributed by atoms with Gasteiger partial charge in [0, 0.05) is 5.39 Å². The number of benzene rings is 3. The number of halogens is 3. The maximum Gasteiger partial charge on any atom is 0.416 e. The molecule has 152 valence electrons. The monoisotopic (exact) mass is 409 g/mol. The first-order valence-corrected chi connectivity index (χ1v) is 9.31. The van der Waals surface area contributed by atoms with E-state index in [4.69, 9.17) is 0 Å². The van der Waals surface area contributed by atoms with E-state index in [1.807, 2.05) is 49.4 Å². The first-order chi connectivity index (χ1) is 14.3.